The highest BCUT2D eigenvalue weighted by Crippen LogP contribution is 2.28. The zero-order valence-electron chi connectivity index (χ0n) is 15.0. The fraction of sp³-hybridized carbons (Fsp3) is 0.350. The average Bonchev–Trinajstić information content (AvgIpc) is 3.05. The Bertz CT molecular complexity index is 760. The predicted octanol–water partition coefficient (Wildman–Crippen LogP) is 1.31. The molecule has 1 aliphatic heterocycles. The topological polar surface area (TPSA) is 43.2 Å². The Balaban J connectivity index is 1.63. The summed E-state index contributed by atoms with van der Waals surface area (Å²) in [5.41, 5.74) is 3.43. The van der Waals surface area contributed by atoms with Crippen LogP contribution >= 0.6 is 0 Å². The Kier molecular flexibility index (Phi) is 5.24. The van der Waals surface area contributed by atoms with Gasteiger partial charge in [0.15, 0.2) is 18.0 Å². The van der Waals surface area contributed by atoms with Gasteiger partial charge in [0.05, 0.1) is 21.3 Å². The summed E-state index contributed by atoms with van der Waals surface area (Å²) in [5.74, 6) is 1.60. The molecule has 2 aromatic carbocycles. The summed E-state index contributed by atoms with van der Waals surface area (Å²) in [5, 5.41) is 0. The van der Waals surface area contributed by atoms with Crippen LogP contribution in [-0.2, 0) is 17.8 Å². The minimum absolute atomic E-state index is 0.169. The smallest absolute Gasteiger partial charge is 0.282 e. The van der Waals surface area contributed by atoms with Crippen LogP contribution in [0.3, 0.4) is 0 Å². The first kappa shape index (κ1) is 17.3. The number of fused-ring (bicyclic) bond motifs is 1. The molecule has 1 heterocycles. The van der Waals surface area contributed by atoms with E-state index in [9.17, 15) is 4.79 Å². The zero-order chi connectivity index (χ0) is 17.8. The van der Waals surface area contributed by atoms with Crippen molar-refractivity contribution in [2.75, 3.05) is 39.3 Å². The number of ether oxygens (including phenoxy) is 2. The third kappa shape index (κ3) is 3.77. The largest absolute Gasteiger partial charge is 0.493 e. The highest BCUT2D eigenvalue weighted by Gasteiger charge is 2.26. The van der Waals surface area contributed by atoms with E-state index in [4.69, 9.17) is 9.47 Å². The number of anilines is 1. The molecule has 1 amide bonds. The number of para-hydroxylation sites is 1. The summed E-state index contributed by atoms with van der Waals surface area (Å²) in [6.07, 6.45) is 0.941. The standard InChI is InChI=1S/C20H24N2O3/c1-21(13-15-8-9-18(24-2)19(12-15)25-3)14-20(23)22-11-10-16-6-4-5-7-17(16)22/h4-9,12H,10-11,13-14H2,1-3H3/p+1. The maximum atomic E-state index is 12.7. The quantitative estimate of drug-likeness (QED) is 0.861. The number of amides is 1. The van der Waals surface area contributed by atoms with Crippen molar-refractivity contribution >= 4 is 11.6 Å². The van der Waals surface area contributed by atoms with Crippen molar-refractivity contribution in [2.45, 2.75) is 13.0 Å². The van der Waals surface area contributed by atoms with Gasteiger partial charge in [0, 0.05) is 17.8 Å². The highest BCUT2D eigenvalue weighted by atomic mass is 16.5. The molecule has 0 aromatic heterocycles. The summed E-state index contributed by atoms with van der Waals surface area (Å²) in [6, 6.07) is 14.0. The van der Waals surface area contributed by atoms with Crippen LogP contribution in [0.25, 0.3) is 0 Å². The number of likely N-dealkylation sites (N-methyl/N-ethyl adjacent to an activating group) is 1. The fourth-order valence-electron chi connectivity index (χ4n) is 3.35. The first-order valence-electron chi connectivity index (χ1n) is 8.53. The molecule has 0 bridgehead atoms. The van der Waals surface area contributed by atoms with Gasteiger partial charge in [0.2, 0.25) is 0 Å². The Hall–Kier alpha value is -2.53. The van der Waals surface area contributed by atoms with Gasteiger partial charge in [0.25, 0.3) is 5.91 Å². The molecule has 25 heavy (non-hydrogen) atoms. The van der Waals surface area contributed by atoms with Crippen LogP contribution in [0.4, 0.5) is 5.69 Å². The second-order valence-electron chi connectivity index (χ2n) is 6.42. The Labute approximate surface area is 148 Å². The van der Waals surface area contributed by atoms with Gasteiger partial charge in [-0.2, -0.15) is 0 Å². The molecule has 1 unspecified atom stereocenters. The first-order valence-corrected chi connectivity index (χ1v) is 8.53. The molecule has 0 spiro atoms. The first-order chi connectivity index (χ1) is 12.1. The SMILES string of the molecule is COc1ccc(C[NH+](C)CC(=O)N2CCc3ccccc32)cc1OC. The monoisotopic (exact) mass is 341 g/mol. The summed E-state index contributed by atoms with van der Waals surface area (Å²) in [7, 11) is 5.30. The van der Waals surface area contributed by atoms with Gasteiger partial charge in [0.1, 0.15) is 6.54 Å². The van der Waals surface area contributed by atoms with Crippen LogP contribution in [0, 0.1) is 0 Å². The van der Waals surface area contributed by atoms with Gasteiger partial charge in [-0.1, -0.05) is 18.2 Å². The molecular formula is C20H25N2O3+. The van der Waals surface area contributed by atoms with Crippen molar-refractivity contribution in [3.63, 3.8) is 0 Å². The number of quaternary nitrogens is 1. The van der Waals surface area contributed by atoms with E-state index >= 15 is 0 Å². The summed E-state index contributed by atoms with van der Waals surface area (Å²) >= 11 is 0. The molecule has 132 valence electrons. The second kappa shape index (κ2) is 7.57. The summed E-state index contributed by atoms with van der Waals surface area (Å²) in [4.78, 5) is 15.7. The number of methoxy groups -OCH3 is 2. The number of nitrogens with one attached hydrogen (secondary N) is 1. The minimum Gasteiger partial charge on any atom is -0.493 e. The van der Waals surface area contributed by atoms with E-state index in [2.05, 4.69) is 6.07 Å². The van der Waals surface area contributed by atoms with Gasteiger partial charge in [-0.15, -0.1) is 0 Å². The molecule has 0 aliphatic carbocycles. The van der Waals surface area contributed by atoms with Crippen LogP contribution in [0.5, 0.6) is 11.5 Å². The zero-order valence-corrected chi connectivity index (χ0v) is 15.0. The maximum absolute atomic E-state index is 12.7. The lowest BCUT2D eigenvalue weighted by Gasteiger charge is -2.20. The normalized spacial score (nSPS) is 14.1. The van der Waals surface area contributed by atoms with Gasteiger partial charge in [-0.3, -0.25) is 4.79 Å². The third-order valence-electron chi connectivity index (χ3n) is 4.60. The van der Waals surface area contributed by atoms with Gasteiger partial charge in [-0.25, -0.2) is 0 Å². The number of nitrogens with zero attached hydrogens (tertiary/aromatic N) is 1. The van der Waals surface area contributed by atoms with Gasteiger partial charge in [-0.05, 0) is 36.2 Å². The fourth-order valence-corrected chi connectivity index (χ4v) is 3.35. The number of rotatable bonds is 6. The summed E-state index contributed by atoms with van der Waals surface area (Å²) in [6.45, 7) is 1.99. The lowest BCUT2D eigenvalue weighted by atomic mass is 10.2. The van der Waals surface area contributed by atoms with Crippen molar-refractivity contribution in [3.05, 3.63) is 53.6 Å². The van der Waals surface area contributed by atoms with E-state index in [-0.39, 0.29) is 5.91 Å². The Morgan fingerprint density at radius 1 is 1.12 bits per heavy atom. The van der Waals surface area contributed by atoms with E-state index in [1.165, 1.54) is 5.56 Å². The lowest BCUT2D eigenvalue weighted by Crippen LogP contribution is -3.08. The average molecular weight is 341 g/mol. The van der Waals surface area contributed by atoms with E-state index in [0.29, 0.717) is 18.0 Å². The number of hydrogen-bond donors (Lipinski definition) is 1. The number of hydrogen-bond acceptors (Lipinski definition) is 3. The van der Waals surface area contributed by atoms with Crippen LogP contribution in [-0.4, -0.2) is 40.3 Å². The molecule has 0 saturated carbocycles. The van der Waals surface area contributed by atoms with Crippen molar-refractivity contribution in [3.8, 4) is 11.5 Å². The van der Waals surface area contributed by atoms with Crippen LogP contribution in [0.1, 0.15) is 11.1 Å². The van der Waals surface area contributed by atoms with Gasteiger partial charge >= 0.3 is 0 Å². The molecule has 0 fully saturated rings. The molecule has 5 heteroatoms. The molecule has 3 rings (SSSR count). The van der Waals surface area contributed by atoms with Crippen molar-refractivity contribution < 1.29 is 19.2 Å². The van der Waals surface area contributed by atoms with E-state index in [1.807, 2.05) is 48.3 Å². The molecule has 2 aromatic rings. The summed E-state index contributed by atoms with van der Waals surface area (Å²) < 4.78 is 10.6. The van der Waals surface area contributed by atoms with Crippen molar-refractivity contribution in [2.24, 2.45) is 0 Å². The number of carbonyl (C=O) groups excluding carboxylic acids is 1. The molecule has 0 radical (unpaired) electrons. The van der Waals surface area contributed by atoms with E-state index in [0.717, 1.165) is 35.7 Å². The highest BCUT2D eigenvalue weighted by molar-refractivity contribution is 5.96. The number of carbonyl (C=O) groups is 1. The maximum Gasteiger partial charge on any atom is 0.282 e. The second-order valence-corrected chi connectivity index (χ2v) is 6.42. The minimum atomic E-state index is 0.169. The molecule has 1 N–H and O–H groups in total. The Morgan fingerprint density at radius 3 is 2.64 bits per heavy atom. The van der Waals surface area contributed by atoms with Crippen LogP contribution < -0.4 is 19.3 Å². The van der Waals surface area contributed by atoms with Crippen molar-refractivity contribution in [1.29, 1.82) is 0 Å². The molecular weight excluding hydrogens is 316 g/mol. The lowest BCUT2D eigenvalue weighted by molar-refractivity contribution is -0.885. The van der Waals surface area contributed by atoms with E-state index < -0.39 is 0 Å². The molecule has 1 aliphatic rings. The van der Waals surface area contributed by atoms with Crippen LogP contribution in [0.15, 0.2) is 42.5 Å². The molecule has 5 nitrogen and oxygen atoms in total. The Morgan fingerprint density at radius 2 is 1.88 bits per heavy atom. The predicted molar refractivity (Wildman–Crippen MR) is 97.5 cm³/mol. The molecule has 1 atom stereocenters. The van der Waals surface area contributed by atoms with E-state index in [1.54, 1.807) is 14.2 Å². The van der Waals surface area contributed by atoms with Crippen LogP contribution in [0.2, 0.25) is 0 Å². The number of benzene rings is 2. The van der Waals surface area contributed by atoms with Crippen molar-refractivity contribution in [1.82, 2.24) is 0 Å². The van der Waals surface area contributed by atoms with Gasteiger partial charge < -0.3 is 19.3 Å². The molecule has 0 saturated heterocycles. The third-order valence-corrected chi connectivity index (χ3v) is 4.60.